The Bertz CT molecular complexity index is 2040. The third-order valence-electron chi connectivity index (χ3n) is 8.45. The fourth-order valence-corrected chi connectivity index (χ4v) is 8.64. The molecule has 0 bridgehead atoms. The second-order valence-corrected chi connectivity index (χ2v) is 19.1. The number of carboxylic acids is 1. The molecule has 1 fully saturated rings. The zero-order valence-corrected chi connectivity index (χ0v) is 35.6. The lowest BCUT2D eigenvalue weighted by Gasteiger charge is -2.30. The van der Waals surface area contributed by atoms with Gasteiger partial charge in [0.2, 0.25) is 16.9 Å². The lowest BCUT2D eigenvalue weighted by atomic mass is 9.87. The van der Waals surface area contributed by atoms with Crippen LogP contribution in [-0.4, -0.2) is 140 Å². The maximum absolute atomic E-state index is 12.8. The van der Waals surface area contributed by atoms with Gasteiger partial charge in [0.05, 0.1) is 19.5 Å². The number of nitrogens with zero attached hydrogens (tertiary/aromatic N) is 4. The number of thioether (sulfide) groups is 1. The Labute approximate surface area is 345 Å². The highest BCUT2D eigenvalue weighted by Crippen LogP contribution is 2.61. The number of phosphoric ester groups is 3. The van der Waals surface area contributed by atoms with E-state index in [9.17, 15) is 62.7 Å². The fourth-order valence-electron chi connectivity index (χ4n) is 5.22. The highest BCUT2D eigenvalue weighted by atomic mass is 32.2. The van der Waals surface area contributed by atoms with Crippen LogP contribution in [0.15, 0.2) is 24.8 Å². The van der Waals surface area contributed by atoms with Crippen LogP contribution in [0.25, 0.3) is 11.2 Å². The van der Waals surface area contributed by atoms with E-state index in [1.165, 1.54) is 32.9 Å². The largest absolute Gasteiger partial charge is 0.481 e. The fraction of sp³-hybridized carbons (Fsp3) is 0.621. The minimum atomic E-state index is -5.61. The molecule has 2 aromatic heterocycles. The molecule has 31 heteroatoms. The summed E-state index contributed by atoms with van der Waals surface area (Å²) in [6.45, 7) is 1.45. The number of aliphatic hydroxyl groups excluding tert-OH is 2. The maximum atomic E-state index is 12.8. The van der Waals surface area contributed by atoms with Gasteiger partial charge < -0.3 is 61.7 Å². The first kappa shape index (κ1) is 51.1. The summed E-state index contributed by atoms with van der Waals surface area (Å²) in [7, 11) is -16.5. The van der Waals surface area contributed by atoms with Gasteiger partial charge in [0.15, 0.2) is 17.2 Å². The maximum Gasteiger partial charge on any atom is 0.481 e. The van der Waals surface area contributed by atoms with Gasteiger partial charge in [-0.2, -0.15) is 4.31 Å². The van der Waals surface area contributed by atoms with Crippen LogP contribution in [0, 0.1) is 5.41 Å². The number of carbonyl (C=O) groups is 4. The van der Waals surface area contributed by atoms with Crippen LogP contribution >= 0.6 is 35.2 Å². The van der Waals surface area contributed by atoms with E-state index in [4.69, 9.17) is 34.9 Å². The normalized spacial score (nSPS) is 22.9. The highest BCUT2D eigenvalue weighted by Gasteiger charge is 2.57. The Hall–Kier alpha value is -3.27. The van der Waals surface area contributed by atoms with Crippen LogP contribution in [0.2, 0.25) is 0 Å². The zero-order valence-electron chi connectivity index (χ0n) is 32.1. The number of fused-ring (bicyclic) bond motifs is 1. The van der Waals surface area contributed by atoms with Crippen LogP contribution in [-0.2, 0) is 61.2 Å². The Morgan fingerprint density at radius 1 is 1.08 bits per heavy atom. The molecule has 27 nitrogen and oxygen atoms in total. The number of aliphatic carboxylic acids is 1. The van der Waals surface area contributed by atoms with Crippen molar-refractivity contribution in [3.05, 3.63) is 24.8 Å². The van der Waals surface area contributed by atoms with Crippen molar-refractivity contribution < 1.29 is 90.4 Å². The first-order valence-corrected chi connectivity index (χ1v) is 22.9. The standard InChI is InChI=1S/C29H47N8O19P3S/c1-28(2,23(41)26(42)33-9-8-18(38)32-10-11-60-19(39)7-5-4-6-16(30)27(43)44)13-53-59(50,51)56-58(48,49)52-12-17-21(55-57(45,46)47)22(40)29(3,54-17)37-15-36-20-24(31)34-14-35-25(20)37/h5,7,14-17,21-23,40-41H,4,6,8-13,30H2,1-3H3,(H,32,38)(H,33,42)(H,43,44)(H,48,49)(H,50,51)(H2,31,34,35)(H2,45,46,47)/t16-,17?,21?,22?,23?,29?/m0/s1. The Kier molecular flexibility index (Phi) is 18.1. The SMILES string of the molecule is CC(C)(COP(=O)(O)OP(=O)(O)OCC1OC(C)(n2cnc3c(N)ncnc32)C(O)C1OP(=O)(O)O)C(O)C(=O)NCCC(=O)NCCSC(=O)C=CCC[C@H](N)C(=O)O. The minimum Gasteiger partial charge on any atom is -0.480 e. The molecular formula is C29H47N8O19P3S. The zero-order chi connectivity index (χ0) is 45.3. The Balaban J connectivity index is 1.47. The predicted molar refractivity (Wildman–Crippen MR) is 206 cm³/mol. The summed E-state index contributed by atoms with van der Waals surface area (Å²) in [6.07, 6.45) is -2.46. The molecular weight excluding hydrogens is 889 g/mol. The summed E-state index contributed by atoms with van der Waals surface area (Å²) in [5.41, 5.74) is 7.61. The van der Waals surface area contributed by atoms with Crippen LogP contribution in [0.3, 0.4) is 0 Å². The number of amides is 2. The molecule has 2 aromatic rings. The van der Waals surface area contributed by atoms with Gasteiger partial charge in [-0.25, -0.2) is 28.6 Å². The van der Waals surface area contributed by atoms with Crippen LogP contribution in [0.1, 0.15) is 40.0 Å². The summed E-state index contributed by atoms with van der Waals surface area (Å²) in [4.78, 5) is 98.6. The first-order chi connectivity index (χ1) is 27.7. The molecule has 0 saturated carbocycles. The van der Waals surface area contributed by atoms with Crippen molar-refractivity contribution >= 4 is 75.1 Å². The second kappa shape index (κ2) is 21.2. The summed E-state index contributed by atoms with van der Waals surface area (Å²) in [6, 6.07) is -1.04. The Morgan fingerprint density at radius 3 is 2.40 bits per heavy atom. The van der Waals surface area contributed by atoms with Gasteiger partial charge >= 0.3 is 29.4 Å². The van der Waals surface area contributed by atoms with Crippen molar-refractivity contribution in [2.45, 2.75) is 76.2 Å². The van der Waals surface area contributed by atoms with Gasteiger partial charge in [-0.15, -0.1) is 0 Å². The number of phosphoric acid groups is 3. The van der Waals surface area contributed by atoms with E-state index in [2.05, 4.69) is 29.9 Å². The molecule has 0 radical (unpaired) electrons. The third-order valence-corrected chi connectivity index (χ3v) is 12.4. The van der Waals surface area contributed by atoms with Gasteiger partial charge in [-0.3, -0.25) is 37.3 Å². The molecule has 0 aliphatic carbocycles. The number of imidazole rings is 1. The van der Waals surface area contributed by atoms with Gasteiger partial charge in [-0.1, -0.05) is 31.7 Å². The Morgan fingerprint density at radius 2 is 1.75 bits per heavy atom. The minimum absolute atomic E-state index is 0.00710. The van der Waals surface area contributed by atoms with E-state index in [1.807, 2.05) is 0 Å². The van der Waals surface area contributed by atoms with Crippen LogP contribution < -0.4 is 22.1 Å². The average molecular weight is 937 g/mol. The predicted octanol–water partition coefficient (Wildman–Crippen LogP) is -1.41. The number of nitrogens with one attached hydrogen (secondary N) is 2. The number of aromatic nitrogens is 4. The van der Waals surface area contributed by atoms with Crippen molar-refractivity contribution in [3.8, 4) is 0 Å². The van der Waals surface area contributed by atoms with Crippen molar-refractivity contribution in [2.75, 3.05) is 37.8 Å². The van der Waals surface area contributed by atoms with Crippen molar-refractivity contribution in [1.29, 1.82) is 0 Å². The van der Waals surface area contributed by atoms with Crippen LogP contribution in [0.5, 0.6) is 0 Å². The number of anilines is 1. The molecule has 1 aliphatic rings. The first-order valence-electron chi connectivity index (χ1n) is 17.4. The number of hydrogen-bond donors (Lipinski definition) is 11. The quantitative estimate of drug-likeness (QED) is 0.0327. The van der Waals surface area contributed by atoms with Crippen LogP contribution in [0.4, 0.5) is 5.82 Å². The van der Waals surface area contributed by atoms with E-state index in [0.717, 1.165) is 29.0 Å². The average Bonchev–Trinajstić information content (AvgIpc) is 3.69. The third kappa shape index (κ3) is 15.0. The smallest absolute Gasteiger partial charge is 0.480 e. The van der Waals surface area contributed by atoms with Crippen molar-refractivity contribution in [2.24, 2.45) is 11.1 Å². The topological polar surface area (TPSA) is 427 Å². The molecule has 1 aliphatic heterocycles. The van der Waals surface area contributed by atoms with Crippen molar-refractivity contribution in [1.82, 2.24) is 30.2 Å². The van der Waals surface area contributed by atoms with Gasteiger partial charge in [-0.05, 0) is 25.8 Å². The molecule has 13 N–H and O–H groups in total. The molecule has 8 atom stereocenters. The monoisotopic (exact) mass is 936 g/mol. The summed E-state index contributed by atoms with van der Waals surface area (Å²) in [5, 5.41) is 35.0. The molecule has 2 amide bonds. The van der Waals surface area contributed by atoms with Gasteiger partial charge in [0.25, 0.3) is 0 Å². The van der Waals surface area contributed by atoms with E-state index in [-0.39, 0.29) is 53.8 Å². The van der Waals surface area contributed by atoms with Gasteiger partial charge in [0.1, 0.15) is 42.3 Å². The molecule has 3 rings (SSSR count). The van der Waals surface area contributed by atoms with Gasteiger partial charge in [0, 0.05) is 30.7 Å². The number of carboxylic acid groups (broad SMARTS) is 1. The number of nitrogens with two attached hydrogens (primary N) is 2. The molecule has 7 unspecified atom stereocenters. The summed E-state index contributed by atoms with van der Waals surface area (Å²) in [5.74, 6) is -2.52. The number of hydrogen-bond acceptors (Lipinski definition) is 20. The summed E-state index contributed by atoms with van der Waals surface area (Å²) >= 11 is 0.901. The van der Waals surface area contributed by atoms with E-state index >= 15 is 0 Å². The number of rotatable bonds is 24. The molecule has 60 heavy (non-hydrogen) atoms. The molecule has 338 valence electrons. The van der Waals surface area contributed by atoms with E-state index in [0.29, 0.717) is 6.42 Å². The molecule has 1 saturated heterocycles. The van der Waals surface area contributed by atoms with Crippen molar-refractivity contribution in [3.63, 3.8) is 0 Å². The lowest BCUT2D eigenvalue weighted by Crippen LogP contribution is -2.46. The lowest BCUT2D eigenvalue weighted by molar-refractivity contribution is -0.139. The molecule has 0 spiro atoms. The number of nitrogen functional groups attached to an aromatic ring is 1. The second-order valence-electron chi connectivity index (χ2n) is 13.7. The van der Waals surface area contributed by atoms with E-state index < -0.39 is 96.1 Å². The number of allylic oxidation sites excluding steroid dienone is 1. The number of aliphatic hydroxyl groups is 2. The highest BCUT2D eigenvalue weighted by molar-refractivity contribution is 8.14. The summed E-state index contributed by atoms with van der Waals surface area (Å²) < 4.78 is 62.6. The van der Waals surface area contributed by atoms with E-state index in [1.54, 1.807) is 0 Å². The molecule has 3 heterocycles. The molecule has 0 aromatic carbocycles. The number of carbonyl (C=O) groups excluding carboxylic acids is 3. The number of ether oxygens (including phenoxy) is 1.